The standard InChI is InChI=1S/C19H28N2O3/c1-5-13-9-17(13)14-8-16(11-20-10-14)23-12-15-6-7-21(15)18(22)24-19(2,3)4/h8,10-11,13,15,17H,5-7,9,12H2,1-4H3/t13-,15-,17-/m0/s1. The van der Waals surface area contributed by atoms with E-state index in [1.165, 1.54) is 18.4 Å². The second-order valence-corrected chi connectivity index (χ2v) is 7.89. The molecule has 0 aromatic carbocycles. The normalized spacial score (nSPS) is 25.8. The first-order valence-electron chi connectivity index (χ1n) is 8.94. The van der Waals surface area contributed by atoms with Crippen LogP contribution < -0.4 is 4.74 Å². The first kappa shape index (κ1) is 17.1. The molecule has 1 saturated carbocycles. The van der Waals surface area contributed by atoms with E-state index in [1.807, 2.05) is 27.0 Å². The SMILES string of the molecule is CC[C@H]1C[C@@H]1c1cncc(OC[C@@H]2CCN2C(=O)OC(C)(C)C)c1. The van der Waals surface area contributed by atoms with Crippen LogP contribution in [0.4, 0.5) is 4.79 Å². The van der Waals surface area contributed by atoms with E-state index in [4.69, 9.17) is 9.47 Å². The van der Waals surface area contributed by atoms with Crippen molar-refractivity contribution in [3.05, 3.63) is 24.0 Å². The second-order valence-electron chi connectivity index (χ2n) is 7.89. The Hall–Kier alpha value is -1.78. The Morgan fingerprint density at radius 3 is 2.75 bits per heavy atom. The molecule has 0 N–H and O–H groups in total. The summed E-state index contributed by atoms with van der Waals surface area (Å²) in [6.07, 6.45) is 6.89. The number of carbonyl (C=O) groups excluding carboxylic acids is 1. The minimum atomic E-state index is -0.462. The predicted octanol–water partition coefficient (Wildman–Crippen LogP) is 3.98. The van der Waals surface area contributed by atoms with Crippen LogP contribution in [-0.4, -0.2) is 40.8 Å². The number of aromatic nitrogens is 1. The molecule has 0 spiro atoms. The first-order chi connectivity index (χ1) is 11.4. The lowest BCUT2D eigenvalue weighted by atomic mass is 10.1. The van der Waals surface area contributed by atoms with Gasteiger partial charge >= 0.3 is 6.09 Å². The fourth-order valence-electron chi connectivity index (χ4n) is 3.19. The van der Waals surface area contributed by atoms with Crippen molar-refractivity contribution < 1.29 is 14.3 Å². The van der Waals surface area contributed by atoms with Gasteiger partial charge in [0.25, 0.3) is 0 Å². The molecular weight excluding hydrogens is 304 g/mol. The van der Waals surface area contributed by atoms with E-state index in [9.17, 15) is 4.79 Å². The van der Waals surface area contributed by atoms with Crippen molar-refractivity contribution in [1.29, 1.82) is 0 Å². The van der Waals surface area contributed by atoms with Gasteiger partial charge in [-0.3, -0.25) is 4.98 Å². The molecular formula is C19H28N2O3. The first-order valence-corrected chi connectivity index (χ1v) is 8.94. The Bertz CT molecular complexity index is 597. The molecule has 0 radical (unpaired) electrons. The lowest BCUT2D eigenvalue weighted by molar-refractivity contribution is -0.0141. The molecule has 1 aromatic heterocycles. The molecule has 24 heavy (non-hydrogen) atoms. The summed E-state index contributed by atoms with van der Waals surface area (Å²) in [5.41, 5.74) is 0.813. The van der Waals surface area contributed by atoms with Gasteiger partial charge in [-0.15, -0.1) is 0 Å². The molecule has 132 valence electrons. The Morgan fingerprint density at radius 1 is 1.38 bits per heavy atom. The summed E-state index contributed by atoms with van der Waals surface area (Å²) in [6.45, 7) is 9.12. The Labute approximate surface area is 144 Å². The third kappa shape index (κ3) is 4.00. The van der Waals surface area contributed by atoms with Crippen molar-refractivity contribution in [2.24, 2.45) is 5.92 Å². The highest BCUT2D eigenvalue weighted by atomic mass is 16.6. The predicted molar refractivity (Wildman–Crippen MR) is 92.2 cm³/mol. The van der Waals surface area contributed by atoms with Gasteiger partial charge in [-0.1, -0.05) is 13.3 Å². The summed E-state index contributed by atoms with van der Waals surface area (Å²) in [5.74, 6) is 2.25. The number of hydrogen-bond acceptors (Lipinski definition) is 4. The smallest absolute Gasteiger partial charge is 0.410 e. The molecule has 3 rings (SSSR count). The number of ether oxygens (including phenoxy) is 2. The quantitative estimate of drug-likeness (QED) is 0.818. The fraction of sp³-hybridized carbons (Fsp3) is 0.684. The number of hydrogen-bond donors (Lipinski definition) is 0. The van der Waals surface area contributed by atoms with Crippen LogP contribution in [0, 0.1) is 5.92 Å². The molecule has 2 heterocycles. The van der Waals surface area contributed by atoms with E-state index in [-0.39, 0.29) is 12.1 Å². The van der Waals surface area contributed by atoms with Crippen LogP contribution in [0.3, 0.4) is 0 Å². The maximum absolute atomic E-state index is 12.1. The minimum absolute atomic E-state index is 0.0906. The highest BCUT2D eigenvalue weighted by molar-refractivity contribution is 5.69. The van der Waals surface area contributed by atoms with Crippen LogP contribution in [0.2, 0.25) is 0 Å². The second kappa shape index (κ2) is 6.61. The highest BCUT2D eigenvalue weighted by Crippen LogP contribution is 2.49. The molecule has 0 unspecified atom stereocenters. The summed E-state index contributed by atoms with van der Waals surface area (Å²) in [5, 5.41) is 0. The highest BCUT2D eigenvalue weighted by Gasteiger charge is 2.37. The van der Waals surface area contributed by atoms with Crippen LogP contribution in [0.25, 0.3) is 0 Å². The number of pyridine rings is 1. The molecule has 1 aromatic rings. The number of rotatable bonds is 5. The summed E-state index contributed by atoms with van der Waals surface area (Å²) >= 11 is 0. The van der Waals surface area contributed by atoms with Crippen molar-refractivity contribution >= 4 is 6.09 Å². The maximum atomic E-state index is 12.1. The Kier molecular flexibility index (Phi) is 4.70. The van der Waals surface area contributed by atoms with E-state index >= 15 is 0 Å². The van der Waals surface area contributed by atoms with Crippen LogP contribution >= 0.6 is 0 Å². The number of amides is 1. The van der Waals surface area contributed by atoms with Gasteiger partial charge in [0.15, 0.2) is 0 Å². The van der Waals surface area contributed by atoms with Crippen molar-refractivity contribution in [2.75, 3.05) is 13.2 Å². The summed E-state index contributed by atoms with van der Waals surface area (Å²) in [4.78, 5) is 18.2. The van der Waals surface area contributed by atoms with Crippen molar-refractivity contribution in [1.82, 2.24) is 9.88 Å². The average molecular weight is 332 g/mol. The molecule has 3 atom stereocenters. The van der Waals surface area contributed by atoms with Crippen LogP contribution in [0.5, 0.6) is 5.75 Å². The van der Waals surface area contributed by atoms with E-state index in [2.05, 4.69) is 18.0 Å². The zero-order valence-corrected chi connectivity index (χ0v) is 15.1. The van der Waals surface area contributed by atoms with Crippen molar-refractivity contribution in [2.45, 2.75) is 64.5 Å². The summed E-state index contributed by atoms with van der Waals surface area (Å²) < 4.78 is 11.3. The monoisotopic (exact) mass is 332 g/mol. The fourth-order valence-corrected chi connectivity index (χ4v) is 3.19. The molecule has 1 saturated heterocycles. The van der Waals surface area contributed by atoms with Gasteiger partial charge in [0, 0.05) is 12.7 Å². The Balaban J connectivity index is 1.51. The average Bonchev–Trinajstić information content (AvgIpc) is 3.24. The molecule has 1 aliphatic carbocycles. The Morgan fingerprint density at radius 2 is 2.17 bits per heavy atom. The lowest BCUT2D eigenvalue weighted by Gasteiger charge is -2.40. The third-order valence-corrected chi connectivity index (χ3v) is 4.82. The van der Waals surface area contributed by atoms with Crippen LogP contribution in [0.15, 0.2) is 18.5 Å². The van der Waals surface area contributed by atoms with Gasteiger partial charge in [-0.2, -0.15) is 0 Å². The van der Waals surface area contributed by atoms with Gasteiger partial charge in [0.05, 0.1) is 12.2 Å². The third-order valence-electron chi connectivity index (χ3n) is 4.82. The van der Waals surface area contributed by atoms with Crippen LogP contribution in [-0.2, 0) is 4.74 Å². The number of carbonyl (C=O) groups is 1. The largest absolute Gasteiger partial charge is 0.490 e. The zero-order valence-electron chi connectivity index (χ0n) is 15.1. The zero-order chi connectivity index (χ0) is 17.3. The van der Waals surface area contributed by atoms with Crippen molar-refractivity contribution in [3.8, 4) is 5.75 Å². The van der Waals surface area contributed by atoms with Gasteiger partial charge in [-0.05, 0) is 57.1 Å². The van der Waals surface area contributed by atoms with Gasteiger partial charge in [-0.25, -0.2) is 4.79 Å². The molecule has 5 heteroatoms. The molecule has 2 aliphatic rings. The molecule has 1 aliphatic heterocycles. The van der Waals surface area contributed by atoms with Gasteiger partial charge in [0.1, 0.15) is 18.0 Å². The van der Waals surface area contributed by atoms with E-state index < -0.39 is 5.60 Å². The summed E-state index contributed by atoms with van der Waals surface area (Å²) in [7, 11) is 0. The molecule has 0 bridgehead atoms. The van der Waals surface area contributed by atoms with E-state index in [0.717, 1.165) is 24.6 Å². The van der Waals surface area contributed by atoms with Crippen LogP contribution in [0.1, 0.15) is 58.4 Å². The lowest BCUT2D eigenvalue weighted by Crippen LogP contribution is -2.55. The number of nitrogens with zero attached hydrogens (tertiary/aromatic N) is 2. The topological polar surface area (TPSA) is 51.7 Å². The molecule has 2 fully saturated rings. The molecule has 5 nitrogen and oxygen atoms in total. The number of likely N-dealkylation sites (tertiary alicyclic amines) is 1. The van der Waals surface area contributed by atoms with Gasteiger partial charge < -0.3 is 14.4 Å². The van der Waals surface area contributed by atoms with E-state index in [1.54, 1.807) is 11.1 Å². The molecule has 1 amide bonds. The van der Waals surface area contributed by atoms with Gasteiger partial charge in [0.2, 0.25) is 0 Å². The minimum Gasteiger partial charge on any atom is -0.490 e. The van der Waals surface area contributed by atoms with E-state index in [0.29, 0.717) is 12.5 Å². The van der Waals surface area contributed by atoms with Crippen molar-refractivity contribution in [3.63, 3.8) is 0 Å². The maximum Gasteiger partial charge on any atom is 0.410 e. The summed E-state index contributed by atoms with van der Waals surface area (Å²) in [6, 6.07) is 2.19.